The van der Waals surface area contributed by atoms with Crippen LogP contribution in [0.4, 0.5) is 5.69 Å². The number of pyridine rings is 1. The standard InChI is InChI=1S/C20H26N4O2/c1-5-15-8-6-7-14(2)18(15)23-20(26)17-13-16(9-10-21-17)19(25)22-11-12-24(3)4/h6-10,13H,5,11-12H2,1-4H3,(H,22,25)(H,23,26). The van der Waals surface area contributed by atoms with Crippen molar-refractivity contribution in [3.05, 3.63) is 58.9 Å². The van der Waals surface area contributed by atoms with Crippen LogP contribution < -0.4 is 10.6 Å². The zero-order valence-corrected chi connectivity index (χ0v) is 15.8. The first-order chi connectivity index (χ1) is 12.4. The van der Waals surface area contributed by atoms with Gasteiger partial charge in [0.25, 0.3) is 11.8 Å². The molecule has 138 valence electrons. The van der Waals surface area contributed by atoms with Crippen molar-refractivity contribution in [3.63, 3.8) is 0 Å². The molecule has 2 aromatic rings. The lowest BCUT2D eigenvalue weighted by atomic mass is 10.1. The van der Waals surface area contributed by atoms with E-state index in [1.165, 1.54) is 12.3 Å². The van der Waals surface area contributed by atoms with Gasteiger partial charge in [-0.1, -0.05) is 25.1 Å². The lowest BCUT2D eigenvalue weighted by molar-refractivity contribution is 0.0951. The number of nitrogens with zero attached hydrogens (tertiary/aromatic N) is 2. The molecule has 0 fully saturated rings. The highest BCUT2D eigenvalue weighted by Crippen LogP contribution is 2.21. The van der Waals surface area contributed by atoms with Crippen molar-refractivity contribution in [1.29, 1.82) is 0 Å². The quantitative estimate of drug-likeness (QED) is 0.801. The number of hydrogen-bond acceptors (Lipinski definition) is 4. The Bertz CT molecular complexity index is 787. The molecule has 1 aromatic heterocycles. The first-order valence-electron chi connectivity index (χ1n) is 8.71. The Hall–Kier alpha value is -2.73. The molecule has 0 aliphatic heterocycles. The number of likely N-dealkylation sites (N-methyl/N-ethyl adjacent to an activating group) is 1. The molecule has 2 N–H and O–H groups in total. The monoisotopic (exact) mass is 354 g/mol. The summed E-state index contributed by atoms with van der Waals surface area (Å²) in [4.78, 5) is 30.9. The molecule has 26 heavy (non-hydrogen) atoms. The maximum atomic E-state index is 12.6. The molecule has 0 saturated heterocycles. The topological polar surface area (TPSA) is 74.3 Å². The Balaban J connectivity index is 2.12. The van der Waals surface area contributed by atoms with Gasteiger partial charge in [-0.25, -0.2) is 0 Å². The van der Waals surface area contributed by atoms with E-state index < -0.39 is 0 Å². The Labute approximate surface area is 154 Å². The zero-order valence-electron chi connectivity index (χ0n) is 15.8. The smallest absolute Gasteiger partial charge is 0.274 e. The van der Waals surface area contributed by atoms with Crippen molar-refractivity contribution in [1.82, 2.24) is 15.2 Å². The van der Waals surface area contributed by atoms with E-state index in [1.807, 2.05) is 51.0 Å². The molecule has 2 rings (SSSR count). The van der Waals surface area contributed by atoms with Crippen LogP contribution in [-0.4, -0.2) is 48.9 Å². The van der Waals surface area contributed by atoms with E-state index >= 15 is 0 Å². The van der Waals surface area contributed by atoms with Gasteiger partial charge in [0.2, 0.25) is 0 Å². The SMILES string of the molecule is CCc1cccc(C)c1NC(=O)c1cc(C(=O)NCCN(C)C)ccn1. The lowest BCUT2D eigenvalue weighted by Crippen LogP contribution is -2.31. The molecule has 0 spiro atoms. The second-order valence-corrected chi connectivity index (χ2v) is 6.41. The third kappa shape index (κ3) is 5.13. The Morgan fingerprint density at radius 2 is 1.92 bits per heavy atom. The summed E-state index contributed by atoms with van der Waals surface area (Å²) in [5.41, 5.74) is 3.51. The molecule has 0 unspecified atom stereocenters. The van der Waals surface area contributed by atoms with Crippen LogP contribution in [0.3, 0.4) is 0 Å². The van der Waals surface area contributed by atoms with Gasteiger partial charge in [0, 0.05) is 30.5 Å². The van der Waals surface area contributed by atoms with Crippen molar-refractivity contribution in [3.8, 4) is 0 Å². The zero-order chi connectivity index (χ0) is 19.1. The average molecular weight is 354 g/mol. The molecule has 0 bridgehead atoms. The number of nitrogens with one attached hydrogen (secondary N) is 2. The van der Waals surface area contributed by atoms with E-state index in [0.29, 0.717) is 12.1 Å². The highest BCUT2D eigenvalue weighted by atomic mass is 16.2. The van der Waals surface area contributed by atoms with Gasteiger partial charge in [0.15, 0.2) is 0 Å². The number of rotatable bonds is 7. The normalized spacial score (nSPS) is 10.7. The van der Waals surface area contributed by atoms with Gasteiger partial charge in [0.05, 0.1) is 0 Å². The minimum atomic E-state index is -0.322. The third-order valence-corrected chi connectivity index (χ3v) is 4.08. The van der Waals surface area contributed by atoms with Gasteiger partial charge < -0.3 is 15.5 Å². The number of carbonyl (C=O) groups is 2. The second-order valence-electron chi connectivity index (χ2n) is 6.41. The van der Waals surface area contributed by atoms with Crippen molar-refractivity contribution < 1.29 is 9.59 Å². The number of amides is 2. The van der Waals surface area contributed by atoms with Gasteiger partial charge >= 0.3 is 0 Å². The molecule has 0 aliphatic carbocycles. The number of para-hydroxylation sites is 1. The van der Waals surface area contributed by atoms with E-state index in [-0.39, 0.29) is 17.5 Å². The largest absolute Gasteiger partial charge is 0.351 e. The molecular formula is C20H26N4O2. The Morgan fingerprint density at radius 1 is 1.15 bits per heavy atom. The van der Waals surface area contributed by atoms with Crippen LogP contribution in [-0.2, 0) is 6.42 Å². The predicted octanol–water partition coefficient (Wildman–Crippen LogP) is 2.50. The van der Waals surface area contributed by atoms with E-state index in [0.717, 1.165) is 29.8 Å². The summed E-state index contributed by atoms with van der Waals surface area (Å²) in [5, 5.41) is 5.76. The first kappa shape index (κ1) is 19.6. The molecule has 2 amide bonds. The molecule has 0 saturated carbocycles. The first-order valence-corrected chi connectivity index (χ1v) is 8.71. The summed E-state index contributed by atoms with van der Waals surface area (Å²) in [6.45, 7) is 5.29. The number of carbonyl (C=O) groups excluding carboxylic acids is 2. The fraction of sp³-hybridized carbons (Fsp3) is 0.350. The van der Waals surface area contributed by atoms with Crippen molar-refractivity contribution >= 4 is 17.5 Å². The van der Waals surface area contributed by atoms with Crippen LogP contribution in [0.15, 0.2) is 36.5 Å². The fourth-order valence-electron chi connectivity index (χ4n) is 2.57. The van der Waals surface area contributed by atoms with Gasteiger partial charge in [-0.2, -0.15) is 0 Å². The van der Waals surface area contributed by atoms with Crippen LogP contribution in [0.5, 0.6) is 0 Å². The number of hydrogen-bond donors (Lipinski definition) is 2. The predicted molar refractivity (Wildman–Crippen MR) is 104 cm³/mol. The summed E-state index contributed by atoms with van der Waals surface area (Å²) in [5.74, 6) is -0.537. The van der Waals surface area contributed by atoms with E-state index in [4.69, 9.17) is 0 Å². The minimum Gasteiger partial charge on any atom is -0.351 e. The number of aryl methyl sites for hydroxylation is 2. The molecular weight excluding hydrogens is 328 g/mol. The maximum Gasteiger partial charge on any atom is 0.274 e. The maximum absolute atomic E-state index is 12.6. The molecule has 6 heteroatoms. The number of benzene rings is 1. The number of anilines is 1. The van der Waals surface area contributed by atoms with Gasteiger partial charge in [-0.05, 0) is 50.7 Å². The third-order valence-electron chi connectivity index (χ3n) is 4.08. The van der Waals surface area contributed by atoms with Crippen LogP contribution in [0.2, 0.25) is 0 Å². The summed E-state index contributed by atoms with van der Waals surface area (Å²) in [7, 11) is 3.88. The minimum absolute atomic E-state index is 0.214. The molecule has 0 radical (unpaired) electrons. The Morgan fingerprint density at radius 3 is 2.62 bits per heavy atom. The summed E-state index contributed by atoms with van der Waals surface area (Å²) in [6, 6.07) is 9.04. The van der Waals surface area contributed by atoms with E-state index in [1.54, 1.807) is 6.07 Å². The highest BCUT2D eigenvalue weighted by Gasteiger charge is 2.14. The van der Waals surface area contributed by atoms with Gasteiger partial charge in [-0.15, -0.1) is 0 Å². The summed E-state index contributed by atoms with van der Waals surface area (Å²) < 4.78 is 0. The number of aromatic nitrogens is 1. The fourth-order valence-corrected chi connectivity index (χ4v) is 2.57. The lowest BCUT2D eigenvalue weighted by Gasteiger charge is -2.13. The van der Waals surface area contributed by atoms with E-state index in [9.17, 15) is 9.59 Å². The van der Waals surface area contributed by atoms with Crippen LogP contribution >= 0.6 is 0 Å². The summed E-state index contributed by atoms with van der Waals surface area (Å²) in [6.07, 6.45) is 2.30. The van der Waals surface area contributed by atoms with Gasteiger partial charge in [0.1, 0.15) is 5.69 Å². The molecule has 0 atom stereocenters. The van der Waals surface area contributed by atoms with Crippen molar-refractivity contribution in [2.24, 2.45) is 0 Å². The van der Waals surface area contributed by atoms with Gasteiger partial charge in [-0.3, -0.25) is 14.6 Å². The van der Waals surface area contributed by atoms with Crippen molar-refractivity contribution in [2.45, 2.75) is 20.3 Å². The molecule has 6 nitrogen and oxygen atoms in total. The molecule has 1 heterocycles. The second kappa shape index (κ2) is 9.10. The average Bonchev–Trinajstić information content (AvgIpc) is 2.63. The molecule has 0 aliphatic rings. The molecule has 1 aromatic carbocycles. The van der Waals surface area contributed by atoms with Crippen LogP contribution in [0.1, 0.15) is 38.9 Å². The highest BCUT2D eigenvalue weighted by molar-refractivity contribution is 6.05. The van der Waals surface area contributed by atoms with E-state index in [2.05, 4.69) is 15.6 Å². The van der Waals surface area contributed by atoms with Crippen LogP contribution in [0.25, 0.3) is 0 Å². The van der Waals surface area contributed by atoms with Crippen molar-refractivity contribution in [2.75, 3.05) is 32.5 Å². The Kier molecular flexibility index (Phi) is 6.86. The van der Waals surface area contributed by atoms with Crippen LogP contribution in [0, 0.1) is 6.92 Å². The summed E-state index contributed by atoms with van der Waals surface area (Å²) >= 11 is 0.